The maximum atomic E-state index is 5.64. The highest BCUT2D eigenvalue weighted by Crippen LogP contribution is 2.17. The van der Waals surface area contributed by atoms with Crippen LogP contribution in [0.2, 0.25) is 0 Å². The third-order valence-corrected chi connectivity index (χ3v) is 4.75. The average molecular weight is 330 g/mol. The van der Waals surface area contributed by atoms with Crippen LogP contribution in [0, 0.1) is 0 Å². The van der Waals surface area contributed by atoms with Gasteiger partial charge in [-0.3, -0.25) is 9.89 Å². The van der Waals surface area contributed by atoms with Crippen LogP contribution in [-0.2, 0) is 17.7 Å². The van der Waals surface area contributed by atoms with E-state index in [1.807, 2.05) is 0 Å². The summed E-state index contributed by atoms with van der Waals surface area (Å²) in [5, 5.41) is 6.78. The van der Waals surface area contributed by atoms with Crippen LogP contribution in [0.15, 0.2) is 29.3 Å². The van der Waals surface area contributed by atoms with Crippen LogP contribution in [-0.4, -0.2) is 56.3 Å². The van der Waals surface area contributed by atoms with E-state index in [-0.39, 0.29) is 0 Å². The van der Waals surface area contributed by atoms with Crippen LogP contribution in [0.5, 0.6) is 0 Å². The molecule has 0 radical (unpaired) electrons. The molecule has 1 aromatic rings. The summed E-state index contributed by atoms with van der Waals surface area (Å²) in [6, 6.07) is 8.79. The van der Waals surface area contributed by atoms with Gasteiger partial charge in [0.15, 0.2) is 5.96 Å². The molecule has 0 aliphatic carbocycles. The summed E-state index contributed by atoms with van der Waals surface area (Å²) in [4.78, 5) is 7.18. The Morgan fingerprint density at radius 1 is 1.29 bits per heavy atom. The van der Waals surface area contributed by atoms with Crippen LogP contribution < -0.4 is 10.6 Å². The summed E-state index contributed by atoms with van der Waals surface area (Å²) in [6.45, 7) is 8.79. The molecule has 0 spiro atoms. The zero-order chi connectivity index (χ0) is 16.6. The highest BCUT2D eigenvalue weighted by atomic mass is 16.5. The van der Waals surface area contributed by atoms with Crippen molar-refractivity contribution in [3.63, 3.8) is 0 Å². The fourth-order valence-electron chi connectivity index (χ4n) is 3.40. The molecule has 2 N–H and O–H groups in total. The molecular formula is C19H30N4O. The molecule has 3 rings (SSSR count). The van der Waals surface area contributed by atoms with E-state index < -0.39 is 0 Å². The maximum absolute atomic E-state index is 5.64. The predicted molar refractivity (Wildman–Crippen MR) is 98.4 cm³/mol. The Balaban J connectivity index is 1.42. The summed E-state index contributed by atoms with van der Waals surface area (Å²) >= 11 is 0. The highest BCUT2D eigenvalue weighted by Gasteiger charge is 2.16. The molecule has 2 aliphatic heterocycles. The predicted octanol–water partition coefficient (Wildman–Crippen LogP) is 1.78. The minimum Gasteiger partial charge on any atom is -0.376 e. The van der Waals surface area contributed by atoms with Crippen LogP contribution in [0.4, 0.5) is 0 Å². The smallest absolute Gasteiger partial charge is 0.191 e. The monoisotopic (exact) mass is 330 g/mol. The lowest BCUT2D eigenvalue weighted by atomic mass is 10.00. The van der Waals surface area contributed by atoms with E-state index >= 15 is 0 Å². The van der Waals surface area contributed by atoms with E-state index in [9.17, 15) is 0 Å². The molecule has 0 aromatic heterocycles. The number of guanidine groups is 1. The Hall–Kier alpha value is -1.59. The minimum absolute atomic E-state index is 0.305. The van der Waals surface area contributed by atoms with E-state index in [4.69, 9.17) is 4.74 Å². The van der Waals surface area contributed by atoms with Gasteiger partial charge in [-0.2, -0.15) is 0 Å². The van der Waals surface area contributed by atoms with E-state index in [1.54, 1.807) is 0 Å². The van der Waals surface area contributed by atoms with E-state index in [1.165, 1.54) is 17.5 Å². The molecule has 0 amide bonds. The molecule has 1 aromatic carbocycles. The second-order valence-corrected chi connectivity index (χ2v) is 6.58. The quantitative estimate of drug-likeness (QED) is 0.617. The van der Waals surface area contributed by atoms with Crippen molar-refractivity contribution in [3.8, 4) is 0 Å². The van der Waals surface area contributed by atoms with Crippen LogP contribution in [0.3, 0.4) is 0 Å². The van der Waals surface area contributed by atoms with Crippen molar-refractivity contribution >= 4 is 5.96 Å². The number of rotatable bonds is 6. The summed E-state index contributed by atoms with van der Waals surface area (Å²) in [7, 11) is 0. The van der Waals surface area contributed by atoms with Crippen molar-refractivity contribution in [2.24, 2.45) is 4.99 Å². The molecule has 24 heavy (non-hydrogen) atoms. The molecule has 5 nitrogen and oxygen atoms in total. The van der Waals surface area contributed by atoms with Gasteiger partial charge in [0.05, 0.1) is 12.6 Å². The zero-order valence-electron chi connectivity index (χ0n) is 14.8. The molecule has 0 bridgehead atoms. The van der Waals surface area contributed by atoms with Crippen molar-refractivity contribution in [2.45, 2.75) is 38.8 Å². The third kappa shape index (κ3) is 4.95. The fraction of sp³-hybridized carbons (Fsp3) is 0.632. The summed E-state index contributed by atoms with van der Waals surface area (Å²) < 4.78 is 5.64. The topological polar surface area (TPSA) is 48.9 Å². The van der Waals surface area contributed by atoms with Gasteiger partial charge in [0, 0.05) is 39.3 Å². The first-order valence-corrected chi connectivity index (χ1v) is 9.28. The van der Waals surface area contributed by atoms with Gasteiger partial charge in [-0.15, -0.1) is 0 Å². The standard InChI is InChI=1S/C19H30N4O/c1-2-20-19(22-14-18-8-5-13-24-18)21-10-12-23-11-9-16-6-3-4-7-17(16)15-23/h3-4,6-7,18H,2,5,8-15H2,1H3,(H2,20,21,22). The van der Waals surface area contributed by atoms with Crippen LogP contribution in [0.25, 0.3) is 0 Å². The first-order valence-electron chi connectivity index (χ1n) is 9.28. The van der Waals surface area contributed by atoms with Gasteiger partial charge >= 0.3 is 0 Å². The van der Waals surface area contributed by atoms with Gasteiger partial charge in [0.2, 0.25) is 0 Å². The molecule has 5 heteroatoms. The van der Waals surface area contributed by atoms with E-state index in [0.717, 1.165) is 64.7 Å². The largest absolute Gasteiger partial charge is 0.376 e. The van der Waals surface area contributed by atoms with Crippen molar-refractivity contribution in [1.82, 2.24) is 15.5 Å². The van der Waals surface area contributed by atoms with Gasteiger partial charge < -0.3 is 15.4 Å². The molecule has 1 atom stereocenters. The lowest BCUT2D eigenvalue weighted by molar-refractivity contribution is 0.117. The Bertz CT molecular complexity index is 540. The number of nitrogens with one attached hydrogen (secondary N) is 2. The lowest BCUT2D eigenvalue weighted by Gasteiger charge is -2.28. The number of hydrogen-bond acceptors (Lipinski definition) is 3. The first-order chi connectivity index (χ1) is 11.8. The van der Waals surface area contributed by atoms with Crippen molar-refractivity contribution < 1.29 is 4.74 Å². The second kappa shape index (κ2) is 9.04. The van der Waals surface area contributed by atoms with E-state index in [2.05, 4.69) is 51.7 Å². The first kappa shape index (κ1) is 17.2. The summed E-state index contributed by atoms with van der Waals surface area (Å²) in [5.74, 6) is 0.908. The Kier molecular flexibility index (Phi) is 6.49. The van der Waals surface area contributed by atoms with E-state index in [0.29, 0.717) is 6.10 Å². The molecule has 2 heterocycles. The normalized spacial score (nSPS) is 21.5. The van der Waals surface area contributed by atoms with Gasteiger partial charge in [0.25, 0.3) is 0 Å². The van der Waals surface area contributed by atoms with Crippen molar-refractivity contribution in [2.75, 3.05) is 39.3 Å². The van der Waals surface area contributed by atoms with Gasteiger partial charge in [0.1, 0.15) is 0 Å². The average Bonchev–Trinajstić information content (AvgIpc) is 3.13. The maximum Gasteiger partial charge on any atom is 0.191 e. The molecule has 1 fully saturated rings. The number of aliphatic imine (C=N–C) groups is 1. The Morgan fingerprint density at radius 3 is 2.96 bits per heavy atom. The number of benzene rings is 1. The van der Waals surface area contributed by atoms with Crippen LogP contribution in [0.1, 0.15) is 30.9 Å². The summed E-state index contributed by atoms with van der Waals surface area (Å²) in [5.41, 5.74) is 2.98. The van der Waals surface area contributed by atoms with Gasteiger partial charge in [-0.05, 0) is 37.3 Å². The zero-order valence-corrected chi connectivity index (χ0v) is 14.8. The van der Waals surface area contributed by atoms with Gasteiger partial charge in [-0.25, -0.2) is 0 Å². The number of ether oxygens (including phenoxy) is 1. The molecular weight excluding hydrogens is 300 g/mol. The number of nitrogens with zero attached hydrogens (tertiary/aromatic N) is 2. The Labute approximate surface area is 145 Å². The van der Waals surface area contributed by atoms with Gasteiger partial charge in [-0.1, -0.05) is 24.3 Å². The third-order valence-electron chi connectivity index (χ3n) is 4.75. The number of hydrogen-bond donors (Lipinski definition) is 2. The Morgan fingerprint density at radius 2 is 2.17 bits per heavy atom. The minimum atomic E-state index is 0.305. The molecule has 132 valence electrons. The SMILES string of the molecule is CCNC(=NCC1CCCO1)NCCN1CCc2ccccc2C1. The van der Waals surface area contributed by atoms with Crippen molar-refractivity contribution in [3.05, 3.63) is 35.4 Å². The van der Waals surface area contributed by atoms with Crippen molar-refractivity contribution in [1.29, 1.82) is 0 Å². The molecule has 1 unspecified atom stereocenters. The summed E-state index contributed by atoms with van der Waals surface area (Å²) in [6.07, 6.45) is 3.76. The fourth-order valence-corrected chi connectivity index (χ4v) is 3.40. The molecule has 2 aliphatic rings. The van der Waals surface area contributed by atoms with Crippen LogP contribution >= 0.6 is 0 Å². The molecule has 1 saturated heterocycles. The highest BCUT2D eigenvalue weighted by molar-refractivity contribution is 5.79. The lowest BCUT2D eigenvalue weighted by Crippen LogP contribution is -2.43. The number of fused-ring (bicyclic) bond motifs is 1. The molecule has 0 saturated carbocycles. The second-order valence-electron chi connectivity index (χ2n) is 6.58.